The molecule has 0 radical (unpaired) electrons. The van der Waals surface area contributed by atoms with Gasteiger partial charge in [0.15, 0.2) is 6.10 Å². The van der Waals surface area contributed by atoms with Crippen LogP contribution in [0.2, 0.25) is 0 Å². The Labute approximate surface area is 106 Å². The van der Waals surface area contributed by atoms with E-state index in [9.17, 15) is 9.59 Å². The molecule has 1 aromatic carbocycles. The number of nitrogens with one attached hydrogen (secondary N) is 1. The highest BCUT2D eigenvalue weighted by atomic mass is 16.5. The van der Waals surface area contributed by atoms with E-state index in [2.05, 4.69) is 5.32 Å². The van der Waals surface area contributed by atoms with Crippen LogP contribution >= 0.6 is 0 Å². The Morgan fingerprint density at radius 2 is 2.11 bits per heavy atom. The molecule has 1 N–H and O–H groups in total. The lowest BCUT2D eigenvalue weighted by Crippen LogP contribution is -2.37. The van der Waals surface area contributed by atoms with Gasteiger partial charge in [0.1, 0.15) is 0 Å². The third-order valence-electron chi connectivity index (χ3n) is 2.83. The second-order valence-electron chi connectivity index (χ2n) is 4.70. The molecule has 1 saturated carbocycles. The smallest absolute Gasteiger partial charge is 0.338 e. The standard InChI is InChI=1S/C14H17NO3/c1-9-4-3-5-11(8-9)14(17)18-10(2)13(16)15-12-6-7-12/h3-5,8,10,12H,6-7H2,1-2H3,(H,15,16)/t10-/m0/s1. The van der Waals surface area contributed by atoms with Crippen molar-refractivity contribution in [3.63, 3.8) is 0 Å². The highest BCUT2D eigenvalue weighted by molar-refractivity contribution is 5.92. The van der Waals surface area contributed by atoms with Crippen LogP contribution in [0.3, 0.4) is 0 Å². The van der Waals surface area contributed by atoms with Gasteiger partial charge >= 0.3 is 5.97 Å². The molecule has 0 aromatic heterocycles. The van der Waals surface area contributed by atoms with E-state index in [0.717, 1.165) is 18.4 Å². The summed E-state index contributed by atoms with van der Waals surface area (Å²) in [6.45, 7) is 3.49. The van der Waals surface area contributed by atoms with E-state index in [1.54, 1.807) is 25.1 Å². The first-order chi connectivity index (χ1) is 8.56. The van der Waals surface area contributed by atoms with Crippen molar-refractivity contribution in [1.29, 1.82) is 0 Å². The average molecular weight is 247 g/mol. The number of aryl methyl sites for hydroxylation is 1. The molecule has 18 heavy (non-hydrogen) atoms. The van der Waals surface area contributed by atoms with E-state index >= 15 is 0 Å². The number of amides is 1. The summed E-state index contributed by atoms with van der Waals surface area (Å²) >= 11 is 0. The van der Waals surface area contributed by atoms with Gasteiger partial charge in [-0.2, -0.15) is 0 Å². The molecule has 1 amide bonds. The van der Waals surface area contributed by atoms with Gasteiger partial charge in [-0.25, -0.2) is 4.79 Å². The number of esters is 1. The van der Waals surface area contributed by atoms with Crippen molar-refractivity contribution in [2.24, 2.45) is 0 Å². The maximum atomic E-state index is 11.8. The van der Waals surface area contributed by atoms with Gasteiger partial charge in [0.2, 0.25) is 0 Å². The minimum absolute atomic E-state index is 0.224. The summed E-state index contributed by atoms with van der Waals surface area (Å²) in [5, 5.41) is 2.81. The van der Waals surface area contributed by atoms with Crippen LogP contribution in [0.15, 0.2) is 24.3 Å². The van der Waals surface area contributed by atoms with Crippen molar-refractivity contribution in [3.8, 4) is 0 Å². The molecule has 0 bridgehead atoms. The first kappa shape index (κ1) is 12.6. The Morgan fingerprint density at radius 3 is 2.72 bits per heavy atom. The van der Waals surface area contributed by atoms with Crippen molar-refractivity contribution in [2.75, 3.05) is 0 Å². The lowest BCUT2D eigenvalue weighted by molar-refractivity contribution is -0.129. The van der Waals surface area contributed by atoms with E-state index in [0.29, 0.717) is 5.56 Å². The normalized spacial score (nSPS) is 15.9. The Bertz CT molecular complexity index is 466. The van der Waals surface area contributed by atoms with E-state index in [-0.39, 0.29) is 11.9 Å². The molecule has 1 aliphatic carbocycles. The minimum Gasteiger partial charge on any atom is -0.449 e. The zero-order valence-electron chi connectivity index (χ0n) is 10.6. The van der Waals surface area contributed by atoms with Crippen LogP contribution in [0.4, 0.5) is 0 Å². The number of benzene rings is 1. The molecule has 1 atom stereocenters. The van der Waals surface area contributed by atoms with Crippen molar-refractivity contribution in [1.82, 2.24) is 5.32 Å². The SMILES string of the molecule is Cc1cccc(C(=O)O[C@@H](C)C(=O)NC2CC2)c1. The van der Waals surface area contributed by atoms with Crippen molar-refractivity contribution in [3.05, 3.63) is 35.4 Å². The van der Waals surface area contributed by atoms with E-state index < -0.39 is 12.1 Å². The summed E-state index contributed by atoms with van der Waals surface area (Å²) in [7, 11) is 0. The van der Waals surface area contributed by atoms with Crippen LogP contribution in [0.25, 0.3) is 0 Å². The maximum absolute atomic E-state index is 11.8. The molecule has 0 unspecified atom stereocenters. The van der Waals surface area contributed by atoms with E-state index in [1.807, 2.05) is 13.0 Å². The average Bonchev–Trinajstić information content (AvgIpc) is 3.12. The molecule has 2 rings (SSSR count). The molecule has 1 aromatic rings. The number of carbonyl (C=O) groups is 2. The van der Waals surface area contributed by atoms with Gasteiger partial charge in [0.25, 0.3) is 5.91 Å². The van der Waals surface area contributed by atoms with Gasteiger partial charge in [-0.3, -0.25) is 4.79 Å². The van der Waals surface area contributed by atoms with E-state index in [1.165, 1.54) is 0 Å². The van der Waals surface area contributed by atoms with Crippen LogP contribution < -0.4 is 5.32 Å². The molecule has 96 valence electrons. The van der Waals surface area contributed by atoms with Gasteiger partial charge < -0.3 is 10.1 Å². The molecule has 0 spiro atoms. The summed E-state index contributed by atoms with van der Waals surface area (Å²) < 4.78 is 5.13. The summed E-state index contributed by atoms with van der Waals surface area (Å²) in [6.07, 6.45) is 1.28. The Morgan fingerprint density at radius 1 is 1.39 bits per heavy atom. The molecular weight excluding hydrogens is 230 g/mol. The summed E-state index contributed by atoms with van der Waals surface area (Å²) in [5.41, 5.74) is 1.46. The molecule has 1 fully saturated rings. The van der Waals surface area contributed by atoms with E-state index in [4.69, 9.17) is 4.74 Å². The Hall–Kier alpha value is -1.84. The second kappa shape index (κ2) is 5.21. The number of ether oxygens (including phenoxy) is 1. The molecule has 0 saturated heterocycles. The Balaban J connectivity index is 1.91. The quantitative estimate of drug-likeness (QED) is 0.826. The maximum Gasteiger partial charge on any atom is 0.338 e. The highest BCUT2D eigenvalue weighted by Gasteiger charge is 2.27. The van der Waals surface area contributed by atoms with Crippen LogP contribution in [0.5, 0.6) is 0 Å². The first-order valence-corrected chi connectivity index (χ1v) is 6.14. The number of carbonyl (C=O) groups excluding carboxylic acids is 2. The fraction of sp³-hybridized carbons (Fsp3) is 0.429. The minimum atomic E-state index is -0.751. The van der Waals surface area contributed by atoms with Crippen LogP contribution in [0.1, 0.15) is 35.7 Å². The zero-order chi connectivity index (χ0) is 13.1. The van der Waals surface area contributed by atoms with Crippen LogP contribution in [-0.4, -0.2) is 24.0 Å². The van der Waals surface area contributed by atoms with Crippen molar-refractivity contribution < 1.29 is 14.3 Å². The number of rotatable bonds is 4. The molecular formula is C14H17NO3. The fourth-order valence-corrected chi connectivity index (χ4v) is 1.60. The molecule has 0 aliphatic heterocycles. The predicted molar refractivity (Wildman–Crippen MR) is 67.2 cm³/mol. The van der Waals surface area contributed by atoms with Gasteiger partial charge in [-0.05, 0) is 38.8 Å². The fourth-order valence-electron chi connectivity index (χ4n) is 1.60. The third-order valence-corrected chi connectivity index (χ3v) is 2.83. The predicted octanol–water partition coefficient (Wildman–Crippen LogP) is 1.82. The highest BCUT2D eigenvalue weighted by Crippen LogP contribution is 2.19. The topological polar surface area (TPSA) is 55.4 Å². The Kier molecular flexibility index (Phi) is 3.65. The largest absolute Gasteiger partial charge is 0.449 e. The van der Waals surface area contributed by atoms with Gasteiger partial charge in [-0.15, -0.1) is 0 Å². The molecule has 4 heteroatoms. The first-order valence-electron chi connectivity index (χ1n) is 6.14. The molecule has 4 nitrogen and oxygen atoms in total. The second-order valence-corrected chi connectivity index (χ2v) is 4.70. The molecule has 1 aliphatic rings. The lowest BCUT2D eigenvalue weighted by Gasteiger charge is -2.13. The van der Waals surface area contributed by atoms with Crippen LogP contribution in [-0.2, 0) is 9.53 Å². The van der Waals surface area contributed by atoms with Crippen molar-refractivity contribution >= 4 is 11.9 Å². The van der Waals surface area contributed by atoms with Gasteiger partial charge in [0, 0.05) is 6.04 Å². The summed E-state index contributed by atoms with van der Waals surface area (Å²) in [5.74, 6) is -0.685. The molecule has 0 heterocycles. The number of hydrogen-bond donors (Lipinski definition) is 1. The van der Waals surface area contributed by atoms with Crippen molar-refractivity contribution in [2.45, 2.75) is 38.8 Å². The van der Waals surface area contributed by atoms with Gasteiger partial charge in [-0.1, -0.05) is 17.7 Å². The monoisotopic (exact) mass is 247 g/mol. The third kappa shape index (κ3) is 3.32. The lowest BCUT2D eigenvalue weighted by atomic mass is 10.1. The summed E-state index contributed by atoms with van der Waals surface area (Å²) in [4.78, 5) is 23.4. The van der Waals surface area contributed by atoms with Gasteiger partial charge in [0.05, 0.1) is 5.56 Å². The number of hydrogen-bond acceptors (Lipinski definition) is 3. The zero-order valence-corrected chi connectivity index (χ0v) is 10.6. The summed E-state index contributed by atoms with van der Waals surface area (Å²) in [6, 6.07) is 7.40. The van der Waals surface area contributed by atoms with Crippen LogP contribution in [0, 0.1) is 6.92 Å².